The van der Waals surface area contributed by atoms with Crippen LogP contribution >= 0.6 is 0 Å². The Hall–Kier alpha value is -1.88. The third-order valence-corrected chi connectivity index (χ3v) is 4.50. The molecule has 0 spiro atoms. The van der Waals surface area contributed by atoms with Crippen LogP contribution in [0.4, 0.5) is 5.95 Å². The highest BCUT2D eigenvalue weighted by Gasteiger charge is 2.20. The molecule has 1 saturated heterocycles. The average molecular weight is 283 g/mol. The fourth-order valence-electron chi connectivity index (χ4n) is 3.36. The predicted octanol–water partition coefficient (Wildman–Crippen LogP) is 1.76. The Morgan fingerprint density at radius 2 is 2.14 bits per heavy atom. The van der Waals surface area contributed by atoms with E-state index in [0.29, 0.717) is 6.04 Å². The number of hydrogen-bond donors (Lipinski definition) is 2. The van der Waals surface area contributed by atoms with Gasteiger partial charge in [-0.2, -0.15) is 4.98 Å². The molecule has 21 heavy (non-hydrogen) atoms. The lowest BCUT2D eigenvalue weighted by Crippen LogP contribution is -2.49. The lowest BCUT2D eigenvalue weighted by Gasteiger charge is -2.30. The minimum absolute atomic E-state index is 0.487. The van der Waals surface area contributed by atoms with Gasteiger partial charge in [0.1, 0.15) is 0 Å². The van der Waals surface area contributed by atoms with E-state index in [1.54, 1.807) is 0 Å². The van der Waals surface area contributed by atoms with Gasteiger partial charge in [0.15, 0.2) is 5.82 Å². The number of piperazine rings is 1. The van der Waals surface area contributed by atoms with E-state index in [1.165, 1.54) is 30.4 Å². The summed E-state index contributed by atoms with van der Waals surface area (Å²) in [6.07, 6.45) is 3.69. The van der Waals surface area contributed by atoms with Gasteiger partial charge in [0.05, 0.1) is 0 Å². The molecule has 0 bridgehead atoms. The van der Waals surface area contributed by atoms with E-state index in [-0.39, 0.29) is 0 Å². The Kier molecular flexibility index (Phi) is 3.15. The van der Waals surface area contributed by atoms with Crippen molar-refractivity contribution in [3.8, 4) is 11.4 Å². The van der Waals surface area contributed by atoms with Gasteiger partial charge in [0, 0.05) is 31.2 Å². The lowest BCUT2D eigenvalue weighted by atomic mass is 10.1. The normalized spacial score (nSPS) is 21.6. The van der Waals surface area contributed by atoms with Crippen LogP contribution in [0, 0.1) is 0 Å². The molecule has 1 fully saturated rings. The molecule has 1 aliphatic heterocycles. The van der Waals surface area contributed by atoms with Gasteiger partial charge in [-0.15, -0.1) is 5.10 Å². The van der Waals surface area contributed by atoms with Gasteiger partial charge in [-0.1, -0.05) is 12.1 Å². The Balaban J connectivity index is 1.59. The molecule has 1 aliphatic carbocycles. The molecule has 2 heterocycles. The lowest BCUT2D eigenvalue weighted by molar-refractivity contribution is 0.480. The summed E-state index contributed by atoms with van der Waals surface area (Å²) in [5.74, 6) is 1.70. The molecule has 0 saturated carbocycles. The Bertz CT molecular complexity index is 648. The van der Waals surface area contributed by atoms with E-state index in [4.69, 9.17) is 4.98 Å². The zero-order valence-corrected chi connectivity index (χ0v) is 12.4. The molecule has 1 aromatic heterocycles. The van der Waals surface area contributed by atoms with E-state index >= 15 is 0 Å². The van der Waals surface area contributed by atoms with E-state index in [1.807, 2.05) is 0 Å². The maximum Gasteiger partial charge on any atom is 0.245 e. The summed E-state index contributed by atoms with van der Waals surface area (Å²) >= 11 is 0. The quantitative estimate of drug-likeness (QED) is 0.882. The molecule has 0 amide bonds. The first-order valence-corrected chi connectivity index (χ1v) is 7.82. The Morgan fingerprint density at radius 3 is 3.05 bits per heavy atom. The fraction of sp³-hybridized carbons (Fsp3) is 0.500. The zero-order chi connectivity index (χ0) is 14.2. The summed E-state index contributed by atoms with van der Waals surface area (Å²) in [6, 6.07) is 7.16. The predicted molar refractivity (Wildman–Crippen MR) is 83.5 cm³/mol. The minimum atomic E-state index is 0.487. The second-order valence-electron chi connectivity index (χ2n) is 6.12. The number of H-pyrrole nitrogens is 1. The number of anilines is 1. The third kappa shape index (κ3) is 2.42. The molecule has 2 aromatic rings. The number of aromatic nitrogens is 3. The number of nitrogens with zero attached hydrogens (tertiary/aromatic N) is 3. The zero-order valence-electron chi connectivity index (χ0n) is 12.4. The molecular formula is C16H21N5. The van der Waals surface area contributed by atoms with Crippen LogP contribution in [0.15, 0.2) is 18.2 Å². The fourth-order valence-corrected chi connectivity index (χ4v) is 3.36. The second-order valence-corrected chi connectivity index (χ2v) is 6.12. The highest BCUT2D eigenvalue weighted by Crippen LogP contribution is 2.27. The van der Waals surface area contributed by atoms with Gasteiger partial charge < -0.3 is 10.2 Å². The van der Waals surface area contributed by atoms with E-state index in [9.17, 15) is 0 Å². The van der Waals surface area contributed by atoms with E-state index in [2.05, 4.69) is 45.5 Å². The standard InChI is InChI=1S/C16H21N5/c1-11-10-21(8-7-17-11)16-18-15(19-20-16)14-6-5-12-3-2-4-13(12)9-14/h5-6,9,11,17H,2-4,7-8,10H2,1H3,(H,18,19,20)/t11-/m1/s1. The van der Waals surface area contributed by atoms with Crippen molar-refractivity contribution < 1.29 is 0 Å². The maximum atomic E-state index is 4.70. The molecule has 0 unspecified atom stereocenters. The van der Waals surface area contributed by atoms with E-state index < -0.39 is 0 Å². The average Bonchev–Trinajstić information content (AvgIpc) is 3.15. The van der Waals surface area contributed by atoms with Gasteiger partial charge in [0.25, 0.3) is 0 Å². The molecule has 5 heteroatoms. The van der Waals surface area contributed by atoms with Crippen molar-refractivity contribution in [1.29, 1.82) is 0 Å². The van der Waals surface area contributed by atoms with Gasteiger partial charge >= 0.3 is 0 Å². The number of aromatic amines is 1. The van der Waals surface area contributed by atoms with Crippen LogP contribution in [0.25, 0.3) is 11.4 Å². The monoisotopic (exact) mass is 283 g/mol. The van der Waals surface area contributed by atoms with Crippen LogP contribution in [0.2, 0.25) is 0 Å². The Labute approximate surface area is 124 Å². The number of aryl methyl sites for hydroxylation is 2. The van der Waals surface area contributed by atoms with Crippen LogP contribution in [-0.4, -0.2) is 40.9 Å². The van der Waals surface area contributed by atoms with Crippen molar-refractivity contribution in [3.63, 3.8) is 0 Å². The first-order valence-electron chi connectivity index (χ1n) is 7.82. The van der Waals surface area contributed by atoms with Gasteiger partial charge in [0.2, 0.25) is 5.95 Å². The van der Waals surface area contributed by atoms with Crippen LogP contribution in [0.1, 0.15) is 24.5 Å². The molecule has 2 N–H and O–H groups in total. The SMILES string of the molecule is C[C@@H]1CN(c2n[nH]c(-c3ccc4c(c3)CCC4)n2)CCN1. The summed E-state index contributed by atoms with van der Waals surface area (Å²) in [4.78, 5) is 6.94. The van der Waals surface area contributed by atoms with Crippen molar-refractivity contribution in [2.75, 3.05) is 24.5 Å². The maximum absolute atomic E-state index is 4.70. The van der Waals surface area contributed by atoms with Crippen LogP contribution in [0.3, 0.4) is 0 Å². The molecule has 5 nitrogen and oxygen atoms in total. The van der Waals surface area contributed by atoms with Crippen molar-refractivity contribution in [2.24, 2.45) is 0 Å². The van der Waals surface area contributed by atoms with Gasteiger partial charge in [-0.3, -0.25) is 5.10 Å². The number of hydrogen-bond acceptors (Lipinski definition) is 4. The number of rotatable bonds is 2. The summed E-state index contributed by atoms with van der Waals surface area (Å²) in [6.45, 7) is 5.11. The number of fused-ring (bicyclic) bond motifs is 1. The second kappa shape index (κ2) is 5.15. The molecule has 4 rings (SSSR count). The van der Waals surface area contributed by atoms with Crippen molar-refractivity contribution in [2.45, 2.75) is 32.2 Å². The molecular weight excluding hydrogens is 262 g/mol. The first-order chi connectivity index (χ1) is 10.3. The van der Waals surface area contributed by atoms with Crippen molar-refractivity contribution in [3.05, 3.63) is 29.3 Å². The van der Waals surface area contributed by atoms with Gasteiger partial charge in [-0.05, 0) is 43.4 Å². The van der Waals surface area contributed by atoms with Gasteiger partial charge in [-0.25, -0.2) is 0 Å². The highest BCUT2D eigenvalue weighted by molar-refractivity contribution is 5.59. The molecule has 110 valence electrons. The molecule has 1 aromatic carbocycles. The summed E-state index contributed by atoms with van der Waals surface area (Å²) < 4.78 is 0. The molecule has 2 aliphatic rings. The summed E-state index contributed by atoms with van der Waals surface area (Å²) in [5.41, 5.74) is 4.12. The largest absolute Gasteiger partial charge is 0.337 e. The Morgan fingerprint density at radius 1 is 1.24 bits per heavy atom. The third-order valence-electron chi connectivity index (χ3n) is 4.50. The van der Waals surface area contributed by atoms with Crippen molar-refractivity contribution in [1.82, 2.24) is 20.5 Å². The molecule has 1 atom stereocenters. The minimum Gasteiger partial charge on any atom is -0.337 e. The van der Waals surface area contributed by atoms with Crippen LogP contribution in [-0.2, 0) is 12.8 Å². The first kappa shape index (κ1) is 12.8. The summed E-state index contributed by atoms with van der Waals surface area (Å²) in [5, 5.41) is 10.9. The van der Waals surface area contributed by atoms with Crippen LogP contribution in [0.5, 0.6) is 0 Å². The summed E-state index contributed by atoms with van der Waals surface area (Å²) in [7, 11) is 0. The molecule has 0 radical (unpaired) electrons. The number of nitrogens with one attached hydrogen (secondary N) is 2. The number of benzene rings is 1. The van der Waals surface area contributed by atoms with E-state index in [0.717, 1.165) is 37.0 Å². The van der Waals surface area contributed by atoms with Crippen molar-refractivity contribution >= 4 is 5.95 Å². The topological polar surface area (TPSA) is 56.8 Å². The smallest absolute Gasteiger partial charge is 0.245 e. The highest BCUT2D eigenvalue weighted by atomic mass is 15.4. The van der Waals surface area contributed by atoms with Crippen LogP contribution < -0.4 is 10.2 Å².